The first-order chi connectivity index (χ1) is 5.10. The van der Waals surface area contributed by atoms with Gasteiger partial charge in [0.25, 0.3) is 10.1 Å². The molecule has 8 heteroatoms. The minimum Gasteiger partial charge on any atom is -0.233 e. The Morgan fingerprint density at radius 2 is 1.83 bits per heavy atom. The van der Waals surface area contributed by atoms with Gasteiger partial charge in [-0.1, -0.05) is 0 Å². The molecule has 0 amide bonds. The maximum Gasteiger partial charge on any atom is 0.394 e. The summed E-state index contributed by atoms with van der Waals surface area (Å²) < 4.78 is 69.8. The van der Waals surface area contributed by atoms with Crippen molar-refractivity contribution in [3.63, 3.8) is 0 Å². The van der Waals surface area contributed by atoms with Gasteiger partial charge in [-0.15, -0.1) is 0 Å². The van der Waals surface area contributed by atoms with E-state index in [1.807, 2.05) is 0 Å². The molecule has 0 bridgehead atoms. The lowest BCUT2D eigenvalue weighted by Crippen LogP contribution is -2.21. The molecule has 3 nitrogen and oxygen atoms in total. The summed E-state index contributed by atoms with van der Waals surface area (Å²) in [5.74, 6) is 0. The first kappa shape index (κ1) is 11.6. The molecule has 0 aliphatic carbocycles. The lowest BCUT2D eigenvalue weighted by molar-refractivity contribution is -0.165. The maximum absolute atomic E-state index is 12.1. The molecule has 0 aliphatic rings. The molecule has 0 aromatic heterocycles. The lowest BCUT2D eigenvalue weighted by atomic mass is 10.4. The van der Waals surface area contributed by atoms with Crippen molar-refractivity contribution in [2.24, 2.45) is 0 Å². The molecule has 0 radical (unpaired) electrons. The molecular weight excluding hydrogens is 204 g/mol. The van der Waals surface area contributed by atoms with Gasteiger partial charge in [0.15, 0.2) is 0 Å². The second kappa shape index (κ2) is 3.56. The van der Waals surface area contributed by atoms with Crippen LogP contribution in [0.2, 0.25) is 0 Å². The standard InChI is InChI=1S/C4H6F4O3S/c1-12(9,10)11-3(5)2-4(6,7)8/h3H,2H2,1H3. The van der Waals surface area contributed by atoms with Crippen LogP contribution in [0.5, 0.6) is 0 Å². The van der Waals surface area contributed by atoms with Crippen molar-refractivity contribution in [3.8, 4) is 0 Å². The summed E-state index contributed by atoms with van der Waals surface area (Å²) in [5, 5.41) is 0. The van der Waals surface area contributed by atoms with Crippen LogP contribution in [0.15, 0.2) is 0 Å². The van der Waals surface area contributed by atoms with Gasteiger partial charge < -0.3 is 0 Å². The fourth-order valence-electron chi connectivity index (χ4n) is 0.406. The predicted octanol–water partition coefficient (Wildman–Crippen LogP) is 1.21. The molecule has 0 aromatic carbocycles. The fraction of sp³-hybridized carbons (Fsp3) is 1.00. The third-order valence-corrected chi connectivity index (χ3v) is 1.23. The Bertz CT molecular complexity index is 231. The van der Waals surface area contributed by atoms with Crippen LogP contribution in [0.4, 0.5) is 17.6 Å². The Morgan fingerprint density at radius 1 is 1.42 bits per heavy atom. The van der Waals surface area contributed by atoms with Crippen molar-refractivity contribution in [2.45, 2.75) is 19.0 Å². The Balaban J connectivity index is 4.00. The highest BCUT2D eigenvalue weighted by Crippen LogP contribution is 2.23. The summed E-state index contributed by atoms with van der Waals surface area (Å²) in [6, 6.07) is 0. The summed E-state index contributed by atoms with van der Waals surface area (Å²) >= 11 is 0. The molecule has 0 heterocycles. The van der Waals surface area contributed by atoms with E-state index in [0.29, 0.717) is 6.26 Å². The van der Waals surface area contributed by atoms with Gasteiger partial charge >= 0.3 is 6.18 Å². The molecule has 0 aromatic rings. The fourth-order valence-corrected chi connectivity index (χ4v) is 0.853. The average molecular weight is 210 g/mol. The molecule has 74 valence electrons. The molecule has 0 fully saturated rings. The highest BCUT2D eigenvalue weighted by Gasteiger charge is 2.34. The van der Waals surface area contributed by atoms with Crippen molar-refractivity contribution >= 4 is 10.1 Å². The summed E-state index contributed by atoms with van der Waals surface area (Å²) in [6.07, 6.45) is -9.10. The number of hydrogen-bond acceptors (Lipinski definition) is 3. The van der Waals surface area contributed by atoms with E-state index in [0.717, 1.165) is 0 Å². The summed E-state index contributed by atoms with van der Waals surface area (Å²) in [5.41, 5.74) is 0. The van der Waals surface area contributed by atoms with Gasteiger partial charge in [0.2, 0.25) is 6.36 Å². The number of alkyl halides is 4. The van der Waals surface area contributed by atoms with Gasteiger partial charge in [0.05, 0.1) is 6.26 Å². The van der Waals surface area contributed by atoms with Crippen molar-refractivity contribution in [1.82, 2.24) is 0 Å². The Morgan fingerprint density at radius 3 is 2.08 bits per heavy atom. The van der Waals surface area contributed by atoms with Crippen molar-refractivity contribution in [2.75, 3.05) is 6.26 Å². The van der Waals surface area contributed by atoms with Crippen LogP contribution in [0.3, 0.4) is 0 Å². The minimum absolute atomic E-state index is 0.468. The largest absolute Gasteiger partial charge is 0.394 e. The van der Waals surface area contributed by atoms with Crippen LogP contribution in [-0.2, 0) is 14.3 Å². The molecule has 0 saturated heterocycles. The van der Waals surface area contributed by atoms with E-state index in [9.17, 15) is 26.0 Å². The van der Waals surface area contributed by atoms with Crippen LogP contribution < -0.4 is 0 Å². The van der Waals surface area contributed by atoms with E-state index in [4.69, 9.17) is 0 Å². The van der Waals surface area contributed by atoms with Crippen molar-refractivity contribution < 1.29 is 30.2 Å². The van der Waals surface area contributed by atoms with Crippen LogP contribution in [-0.4, -0.2) is 27.2 Å². The third kappa shape index (κ3) is 7.73. The molecule has 0 aliphatic heterocycles. The molecule has 12 heavy (non-hydrogen) atoms. The van der Waals surface area contributed by atoms with Gasteiger partial charge in [-0.3, -0.25) is 0 Å². The zero-order valence-electron chi connectivity index (χ0n) is 5.93. The first-order valence-electron chi connectivity index (χ1n) is 2.69. The number of halogens is 4. The zero-order chi connectivity index (χ0) is 9.99. The second-order valence-electron chi connectivity index (χ2n) is 2.03. The smallest absolute Gasteiger partial charge is 0.233 e. The first-order valence-corrected chi connectivity index (χ1v) is 4.51. The normalized spacial score (nSPS) is 16.1. The minimum atomic E-state index is -4.77. The van der Waals surface area contributed by atoms with Crippen LogP contribution in [0.1, 0.15) is 6.42 Å². The molecular formula is C4H6F4O3S. The van der Waals surface area contributed by atoms with Crippen LogP contribution in [0, 0.1) is 0 Å². The molecule has 1 atom stereocenters. The monoisotopic (exact) mass is 210 g/mol. The van der Waals surface area contributed by atoms with Crippen molar-refractivity contribution in [3.05, 3.63) is 0 Å². The lowest BCUT2D eigenvalue weighted by Gasteiger charge is -2.09. The molecule has 0 rings (SSSR count). The van der Waals surface area contributed by atoms with Crippen molar-refractivity contribution in [1.29, 1.82) is 0 Å². The highest BCUT2D eigenvalue weighted by atomic mass is 32.2. The molecule has 0 saturated carbocycles. The topological polar surface area (TPSA) is 43.4 Å². The third-order valence-electron chi connectivity index (χ3n) is 0.671. The molecule has 1 unspecified atom stereocenters. The van der Waals surface area contributed by atoms with E-state index >= 15 is 0 Å². The van der Waals surface area contributed by atoms with E-state index in [1.54, 1.807) is 0 Å². The second-order valence-corrected chi connectivity index (χ2v) is 3.63. The van der Waals surface area contributed by atoms with Crippen LogP contribution >= 0.6 is 0 Å². The van der Waals surface area contributed by atoms with Gasteiger partial charge in [-0.25, -0.2) is 8.57 Å². The van der Waals surface area contributed by atoms with Gasteiger partial charge in [0, 0.05) is 0 Å². The molecule has 0 spiro atoms. The average Bonchev–Trinajstić information content (AvgIpc) is 1.49. The quantitative estimate of drug-likeness (QED) is 0.519. The summed E-state index contributed by atoms with van der Waals surface area (Å²) in [6.45, 7) is 0. The van der Waals surface area contributed by atoms with Gasteiger partial charge in [0.1, 0.15) is 6.42 Å². The van der Waals surface area contributed by atoms with Crippen LogP contribution in [0.25, 0.3) is 0 Å². The maximum atomic E-state index is 12.1. The Hall–Kier alpha value is -0.370. The number of rotatable bonds is 3. The zero-order valence-corrected chi connectivity index (χ0v) is 6.75. The van der Waals surface area contributed by atoms with E-state index in [1.165, 1.54) is 0 Å². The van der Waals surface area contributed by atoms with Gasteiger partial charge in [-0.05, 0) is 0 Å². The summed E-state index contributed by atoms with van der Waals surface area (Å²) in [4.78, 5) is 0. The highest BCUT2D eigenvalue weighted by molar-refractivity contribution is 7.86. The number of hydrogen-bond donors (Lipinski definition) is 0. The van der Waals surface area contributed by atoms with E-state index < -0.39 is 29.1 Å². The predicted molar refractivity (Wildman–Crippen MR) is 31.5 cm³/mol. The SMILES string of the molecule is CS(=O)(=O)OC(F)CC(F)(F)F. The Kier molecular flexibility index (Phi) is 3.45. The summed E-state index contributed by atoms with van der Waals surface area (Å²) in [7, 11) is -4.17. The van der Waals surface area contributed by atoms with Gasteiger partial charge in [-0.2, -0.15) is 21.6 Å². The Labute approximate surface area is 66.4 Å². The van der Waals surface area contributed by atoms with E-state index in [2.05, 4.69) is 4.18 Å². The van der Waals surface area contributed by atoms with E-state index in [-0.39, 0.29) is 0 Å². The molecule has 0 N–H and O–H groups in total.